The molecule has 2 rings (SSSR count). The Labute approximate surface area is 83.1 Å². The second-order valence-electron chi connectivity index (χ2n) is 3.39. The minimum absolute atomic E-state index is 0.424. The average molecular weight is 191 g/mol. The highest BCUT2D eigenvalue weighted by Gasteiger charge is 2.18. The number of nitrogens with zero attached hydrogens (tertiary/aromatic N) is 1. The van der Waals surface area contributed by atoms with Crippen LogP contribution in [0.15, 0.2) is 17.1 Å². The fourth-order valence-electron chi connectivity index (χ4n) is 1.73. The van der Waals surface area contributed by atoms with Crippen molar-refractivity contribution in [1.29, 1.82) is 0 Å². The summed E-state index contributed by atoms with van der Waals surface area (Å²) in [6.45, 7) is 1.95. The monoisotopic (exact) mass is 191 g/mol. The first kappa shape index (κ1) is 9.21. The highest BCUT2D eigenvalue weighted by atomic mass is 16.5. The predicted octanol–water partition coefficient (Wildman–Crippen LogP) is 2.14. The number of aliphatic hydroxyl groups excluding tert-OH is 1. The van der Waals surface area contributed by atoms with E-state index in [9.17, 15) is 5.11 Å². The van der Waals surface area contributed by atoms with Crippen LogP contribution in [0.5, 0.6) is 5.75 Å². The molecule has 0 spiro atoms. The van der Waals surface area contributed by atoms with Crippen LogP contribution in [0.4, 0.5) is 5.69 Å². The molecule has 0 amide bonds. The second-order valence-corrected chi connectivity index (χ2v) is 3.39. The molecule has 0 saturated carbocycles. The maximum atomic E-state index is 9.72. The molecule has 3 heteroatoms. The van der Waals surface area contributed by atoms with E-state index in [1.807, 2.05) is 19.1 Å². The maximum Gasteiger partial charge on any atom is 0.123 e. The SMILES string of the molecule is COc1ccc2c(c1C)N=CCC2O. The summed E-state index contributed by atoms with van der Waals surface area (Å²) in [5, 5.41) is 9.72. The van der Waals surface area contributed by atoms with Crippen molar-refractivity contribution < 1.29 is 9.84 Å². The Hall–Kier alpha value is -1.35. The molecule has 14 heavy (non-hydrogen) atoms. The van der Waals surface area contributed by atoms with E-state index in [4.69, 9.17) is 4.74 Å². The first-order valence-corrected chi connectivity index (χ1v) is 4.62. The summed E-state index contributed by atoms with van der Waals surface area (Å²) in [5.74, 6) is 0.815. The van der Waals surface area contributed by atoms with Crippen molar-refractivity contribution >= 4 is 11.9 Å². The van der Waals surface area contributed by atoms with Crippen LogP contribution in [0.3, 0.4) is 0 Å². The van der Waals surface area contributed by atoms with Gasteiger partial charge in [-0.2, -0.15) is 0 Å². The molecule has 0 aromatic heterocycles. The van der Waals surface area contributed by atoms with Gasteiger partial charge >= 0.3 is 0 Å². The third-order valence-corrected chi connectivity index (χ3v) is 2.54. The first-order valence-electron chi connectivity index (χ1n) is 4.62. The zero-order chi connectivity index (χ0) is 10.1. The van der Waals surface area contributed by atoms with E-state index in [-0.39, 0.29) is 0 Å². The number of aliphatic hydroxyl groups is 1. The predicted molar refractivity (Wildman–Crippen MR) is 55.5 cm³/mol. The molecule has 0 aliphatic carbocycles. The van der Waals surface area contributed by atoms with Gasteiger partial charge in [-0.05, 0) is 13.0 Å². The number of rotatable bonds is 1. The molecule has 1 aliphatic rings. The third kappa shape index (κ3) is 1.30. The smallest absolute Gasteiger partial charge is 0.123 e. The number of aliphatic imine (C=N–C) groups is 1. The Morgan fingerprint density at radius 3 is 3.00 bits per heavy atom. The zero-order valence-electron chi connectivity index (χ0n) is 8.32. The van der Waals surface area contributed by atoms with E-state index >= 15 is 0 Å². The van der Waals surface area contributed by atoms with Crippen molar-refractivity contribution in [3.05, 3.63) is 23.3 Å². The van der Waals surface area contributed by atoms with Gasteiger partial charge in [-0.3, -0.25) is 4.99 Å². The summed E-state index contributed by atoms with van der Waals surface area (Å²) < 4.78 is 5.19. The molecule has 1 unspecified atom stereocenters. The molecule has 1 aromatic rings. The lowest BCUT2D eigenvalue weighted by atomic mass is 9.99. The summed E-state index contributed by atoms with van der Waals surface area (Å²) in [5.41, 5.74) is 2.73. The van der Waals surface area contributed by atoms with E-state index in [2.05, 4.69) is 4.99 Å². The van der Waals surface area contributed by atoms with Crippen LogP contribution in [0.25, 0.3) is 0 Å². The minimum Gasteiger partial charge on any atom is -0.496 e. The van der Waals surface area contributed by atoms with Crippen molar-refractivity contribution in [2.75, 3.05) is 7.11 Å². The number of ether oxygens (including phenoxy) is 1. The Balaban J connectivity index is 2.59. The lowest BCUT2D eigenvalue weighted by molar-refractivity contribution is 0.186. The quantitative estimate of drug-likeness (QED) is 0.739. The van der Waals surface area contributed by atoms with Gasteiger partial charge in [0.05, 0.1) is 18.9 Å². The minimum atomic E-state index is -0.424. The van der Waals surface area contributed by atoms with Crippen LogP contribution in [0, 0.1) is 6.92 Å². The summed E-state index contributed by atoms with van der Waals surface area (Å²) in [6.07, 6.45) is 1.92. The van der Waals surface area contributed by atoms with Crippen molar-refractivity contribution in [2.45, 2.75) is 19.4 Å². The summed E-state index contributed by atoms with van der Waals surface area (Å²) >= 11 is 0. The Bertz CT molecular complexity index is 385. The molecule has 1 aromatic carbocycles. The summed E-state index contributed by atoms with van der Waals surface area (Å²) in [7, 11) is 1.64. The van der Waals surface area contributed by atoms with Crippen LogP contribution in [0.2, 0.25) is 0 Å². The summed E-state index contributed by atoms with van der Waals surface area (Å²) in [4.78, 5) is 4.29. The highest BCUT2D eigenvalue weighted by Crippen LogP contribution is 2.37. The molecule has 1 atom stereocenters. The molecule has 1 heterocycles. The lowest BCUT2D eigenvalue weighted by Gasteiger charge is -2.18. The normalized spacial score (nSPS) is 19.2. The number of hydrogen-bond donors (Lipinski definition) is 1. The van der Waals surface area contributed by atoms with Gasteiger partial charge in [0.1, 0.15) is 5.75 Å². The number of fused-ring (bicyclic) bond motifs is 1. The Morgan fingerprint density at radius 1 is 1.50 bits per heavy atom. The van der Waals surface area contributed by atoms with Gasteiger partial charge in [-0.15, -0.1) is 0 Å². The summed E-state index contributed by atoms with van der Waals surface area (Å²) in [6, 6.07) is 3.75. The average Bonchev–Trinajstić information content (AvgIpc) is 2.20. The Morgan fingerprint density at radius 2 is 2.29 bits per heavy atom. The molecule has 0 fully saturated rings. The topological polar surface area (TPSA) is 41.8 Å². The van der Waals surface area contributed by atoms with Crippen LogP contribution in [0.1, 0.15) is 23.7 Å². The van der Waals surface area contributed by atoms with Gasteiger partial charge in [0.25, 0.3) is 0 Å². The molecule has 3 nitrogen and oxygen atoms in total. The first-order chi connectivity index (χ1) is 6.74. The van der Waals surface area contributed by atoms with E-state index in [0.717, 1.165) is 22.6 Å². The van der Waals surface area contributed by atoms with E-state index in [0.29, 0.717) is 6.42 Å². The van der Waals surface area contributed by atoms with Crippen LogP contribution in [-0.4, -0.2) is 18.4 Å². The molecule has 1 aliphatic heterocycles. The van der Waals surface area contributed by atoms with Crippen molar-refractivity contribution in [3.63, 3.8) is 0 Å². The van der Waals surface area contributed by atoms with Gasteiger partial charge < -0.3 is 9.84 Å². The van der Waals surface area contributed by atoms with Gasteiger partial charge in [0, 0.05) is 23.8 Å². The number of methoxy groups -OCH3 is 1. The number of hydrogen-bond acceptors (Lipinski definition) is 3. The van der Waals surface area contributed by atoms with Crippen LogP contribution in [-0.2, 0) is 0 Å². The van der Waals surface area contributed by atoms with Gasteiger partial charge in [0.15, 0.2) is 0 Å². The van der Waals surface area contributed by atoms with Gasteiger partial charge in [0.2, 0.25) is 0 Å². The zero-order valence-corrected chi connectivity index (χ0v) is 8.32. The molecule has 0 radical (unpaired) electrons. The van der Waals surface area contributed by atoms with Gasteiger partial charge in [-0.1, -0.05) is 6.07 Å². The lowest BCUT2D eigenvalue weighted by Crippen LogP contribution is -2.04. The van der Waals surface area contributed by atoms with Crippen molar-refractivity contribution in [3.8, 4) is 5.75 Å². The van der Waals surface area contributed by atoms with Crippen molar-refractivity contribution in [2.24, 2.45) is 4.99 Å². The van der Waals surface area contributed by atoms with Crippen LogP contribution < -0.4 is 4.74 Å². The molecular weight excluding hydrogens is 178 g/mol. The largest absolute Gasteiger partial charge is 0.496 e. The van der Waals surface area contributed by atoms with Crippen LogP contribution >= 0.6 is 0 Å². The molecule has 0 bridgehead atoms. The van der Waals surface area contributed by atoms with Gasteiger partial charge in [-0.25, -0.2) is 0 Å². The van der Waals surface area contributed by atoms with E-state index < -0.39 is 6.10 Å². The third-order valence-electron chi connectivity index (χ3n) is 2.54. The second kappa shape index (κ2) is 3.42. The number of benzene rings is 1. The fraction of sp³-hybridized carbons (Fsp3) is 0.364. The molecule has 0 saturated heterocycles. The fourth-order valence-corrected chi connectivity index (χ4v) is 1.73. The van der Waals surface area contributed by atoms with E-state index in [1.54, 1.807) is 13.3 Å². The Kier molecular flexibility index (Phi) is 2.25. The highest BCUT2D eigenvalue weighted by molar-refractivity contribution is 5.73. The maximum absolute atomic E-state index is 9.72. The van der Waals surface area contributed by atoms with Crippen molar-refractivity contribution in [1.82, 2.24) is 0 Å². The molecule has 74 valence electrons. The van der Waals surface area contributed by atoms with E-state index in [1.165, 1.54) is 0 Å². The molecule has 1 N–H and O–H groups in total. The standard InChI is InChI=1S/C11H13NO2/c1-7-10(14-2)4-3-8-9(13)5-6-12-11(7)8/h3-4,6,9,13H,5H2,1-2H3. The molecular formula is C11H13NO2.